The van der Waals surface area contributed by atoms with Crippen molar-refractivity contribution >= 4 is 12.4 Å². The van der Waals surface area contributed by atoms with E-state index in [0.29, 0.717) is 6.07 Å². The first-order valence-electron chi connectivity index (χ1n) is 5.22. The minimum atomic E-state index is -4.89. The summed E-state index contributed by atoms with van der Waals surface area (Å²) >= 11 is 0. The molecule has 2 N–H and O–H groups in total. The van der Waals surface area contributed by atoms with E-state index in [9.17, 15) is 26.3 Å². The first kappa shape index (κ1) is 18.8. The topological polar surface area (TPSA) is 26.0 Å². The molecule has 0 radical (unpaired) electrons. The highest BCUT2D eigenvalue weighted by Crippen LogP contribution is 2.39. The van der Waals surface area contributed by atoms with Gasteiger partial charge in [-0.1, -0.05) is 12.1 Å². The Morgan fingerprint density at radius 2 is 1.65 bits per heavy atom. The Morgan fingerprint density at radius 3 is 2.05 bits per heavy atom. The highest BCUT2D eigenvalue weighted by atomic mass is 35.5. The zero-order valence-electron chi connectivity index (χ0n) is 10.1. The molecule has 0 aliphatic heterocycles. The van der Waals surface area contributed by atoms with Crippen molar-refractivity contribution in [3.8, 4) is 0 Å². The summed E-state index contributed by atoms with van der Waals surface area (Å²) in [6.07, 6.45) is -8.38. The maximum Gasteiger partial charge on any atom is 0.416 e. The van der Waals surface area contributed by atoms with Gasteiger partial charge in [0.05, 0.1) is 11.1 Å². The van der Waals surface area contributed by atoms with Crippen molar-refractivity contribution in [3.63, 3.8) is 0 Å². The molecule has 114 valence electrons. The van der Waals surface area contributed by atoms with Crippen LogP contribution >= 0.6 is 12.4 Å². The fourth-order valence-corrected chi connectivity index (χ4v) is 1.61. The summed E-state index contributed by atoms with van der Waals surface area (Å²) in [7, 11) is 0. The fourth-order valence-electron chi connectivity index (χ4n) is 1.61. The Hall–Kier alpha value is -1.21. The lowest BCUT2D eigenvalue weighted by molar-refractivity contribution is -0.143. The highest BCUT2D eigenvalue weighted by Gasteiger charge is 2.38. The average Bonchev–Trinajstić information content (AvgIpc) is 2.26. The van der Waals surface area contributed by atoms with Crippen LogP contribution in [0, 0.1) is 0 Å². The molecule has 0 aliphatic carbocycles. The predicted octanol–water partition coefficient (Wildman–Crippen LogP) is 4.72. The van der Waals surface area contributed by atoms with Crippen molar-refractivity contribution in [2.45, 2.75) is 24.8 Å². The van der Waals surface area contributed by atoms with Gasteiger partial charge in [0.1, 0.15) is 0 Å². The smallest absolute Gasteiger partial charge is 0.324 e. The number of hydrogen-bond donors (Lipinski definition) is 1. The van der Waals surface area contributed by atoms with Crippen LogP contribution in [-0.4, -0.2) is 0 Å². The Labute approximate surface area is 117 Å². The van der Waals surface area contributed by atoms with E-state index in [0.717, 1.165) is 6.07 Å². The largest absolute Gasteiger partial charge is 0.416 e. The summed E-state index contributed by atoms with van der Waals surface area (Å²) in [6.45, 7) is 3.33. The zero-order valence-corrected chi connectivity index (χ0v) is 10.9. The number of alkyl halides is 6. The zero-order chi connectivity index (χ0) is 14.8. The summed E-state index contributed by atoms with van der Waals surface area (Å²) in [5.41, 5.74) is 2.42. The van der Waals surface area contributed by atoms with E-state index in [1.54, 1.807) is 0 Å². The van der Waals surface area contributed by atoms with Gasteiger partial charge >= 0.3 is 12.4 Å². The molecule has 0 unspecified atom stereocenters. The second-order valence-corrected chi connectivity index (χ2v) is 3.93. The van der Waals surface area contributed by atoms with E-state index in [-0.39, 0.29) is 30.5 Å². The Bertz CT molecular complexity index is 466. The quantitative estimate of drug-likeness (QED) is 0.633. The Morgan fingerprint density at radius 1 is 1.10 bits per heavy atom. The van der Waals surface area contributed by atoms with Gasteiger partial charge in [-0.15, -0.1) is 19.0 Å². The highest BCUT2D eigenvalue weighted by molar-refractivity contribution is 5.85. The third kappa shape index (κ3) is 4.42. The molecule has 1 rings (SSSR count). The monoisotopic (exact) mass is 319 g/mol. The summed E-state index contributed by atoms with van der Waals surface area (Å²) < 4.78 is 75.6. The van der Waals surface area contributed by atoms with Crippen molar-refractivity contribution in [1.82, 2.24) is 0 Å². The SMILES string of the molecule is C=CC[C@@H](N)c1ccc(C(F)(F)F)cc1C(F)(F)F.Cl. The van der Waals surface area contributed by atoms with E-state index >= 15 is 0 Å². The second-order valence-electron chi connectivity index (χ2n) is 3.93. The molecule has 0 saturated carbocycles. The summed E-state index contributed by atoms with van der Waals surface area (Å²) in [4.78, 5) is 0. The molecule has 1 aromatic rings. The van der Waals surface area contributed by atoms with Gasteiger partial charge < -0.3 is 5.73 Å². The van der Waals surface area contributed by atoms with Crippen LogP contribution in [0.15, 0.2) is 30.9 Å². The van der Waals surface area contributed by atoms with Gasteiger partial charge in [-0.25, -0.2) is 0 Å². The van der Waals surface area contributed by atoms with Crippen LogP contribution in [0.1, 0.15) is 29.2 Å². The normalized spacial score (nSPS) is 13.6. The lowest BCUT2D eigenvalue weighted by atomic mass is 9.96. The van der Waals surface area contributed by atoms with Crippen LogP contribution in [0.25, 0.3) is 0 Å². The molecule has 1 nitrogen and oxygen atoms in total. The van der Waals surface area contributed by atoms with Gasteiger partial charge in [-0.05, 0) is 24.1 Å². The molecular weight excluding hydrogens is 308 g/mol. The van der Waals surface area contributed by atoms with Gasteiger partial charge in [0.2, 0.25) is 0 Å². The van der Waals surface area contributed by atoms with Crippen LogP contribution < -0.4 is 5.73 Å². The van der Waals surface area contributed by atoms with Crippen molar-refractivity contribution < 1.29 is 26.3 Å². The molecule has 0 heterocycles. The minimum Gasteiger partial charge on any atom is -0.324 e. The molecule has 20 heavy (non-hydrogen) atoms. The summed E-state index contributed by atoms with van der Waals surface area (Å²) in [5, 5.41) is 0. The minimum absolute atomic E-state index is 0. The maximum atomic E-state index is 12.8. The van der Waals surface area contributed by atoms with E-state index in [1.807, 2.05) is 0 Å². The molecule has 1 atom stereocenters. The van der Waals surface area contributed by atoms with E-state index in [4.69, 9.17) is 5.73 Å². The average molecular weight is 320 g/mol. The van der Waals surface area contributed by atoms with Gasteiger partial charge in [0, 0.05) is 6.04 Å². The summed E-state index contributed by atoms with van der Waals surface area (Å²) in [6, 6.07) is 0.391. The van der Waals surface area contributed by atoms with Crippen molar-refractivity contribution in [3.05, 3.63) is 47.5 Å². The van der Waals surface area contributed by atoms with E-state index < -0.39 is 29.5 Å². The van der Waals surface area contributed by atoms with E-state index in [2.05, 4.69) is 6.58 Å². The maximum absolute atomic E-state index is 12.8. The molecular formula is C12H12ClF6N. The lowest BCUT2D eigenvalue weighted by Crippen LogP contribution is -2.19. The van der Waals surface area contributed by atoms with Gasteiger partial charge in [-0.3, -0.25) is 0 Å². The molecule has 0 spiro atoms. The number of rotatable bonds is 3. The van der Waals surface area contributed by atoms with Gasteiger partial charge in [-0.2, -0.15) is 26.3 Å². The van der Waals surface area contributed by atoms with Crippen molar-refractivity contribution in [1.29, 1.82) is 0 Å². The summed E-state index contributed by atoms with van der Waals surface area (Å²) in [5.74, 6) is 0. The van der Waals surface area contributed by atoms with Crippen LogP contribution in [0.4, 0.5) is 26.3 Å². The molecule has 0 bridgehead atoms. The molecule has 0 aliphatic rings. The molecule has 0 saturated heterocycles. The molecule has 8 heteroatoms. The molecule has 0 fully saturated rings. The van der Waals surface area contributed by atoms with Crippen LogP contribution in [-0.2, 0) is 12.4 Å². The third-order valence-electron chi connectivity index (χ3n) is 2.51. The van der Waals surface area contributed by atoms with Crippen LogP contribution in [0.5, 0.6) is 0 Å². The first-order chi connectivity index (χ1) is 8.57. The number of halogens is 7. The number of benzene rings is 1. The van der Waals surface area contributed by atoms with Crippen LogP contribution in [0.3, 0.4) is 0 Å². The van der Waals surface area contributed by atoms with Gasteiger partial charge in [0.15, 0.2) is 0 Å². The standard InChI is InChI=1S/C12H11F6N.ClH/c1-2-3-10(19)8-5-4-7(11(13,14)15)6-9(8)12(16,17)18;/h2,4-6,10H,1,3,19H2;1H/t10-;/m1./s1. The number of hydrogen-bond acceptors (Lipinski definition) is 1. The lowest BCUT2D eigenvalue weighted by Gasteiger charge is -2.19. The van der Waals surface area contributed by atoms with Crippen molar-refractivity contribution in [2.75, 3.05) is 0 Å². The Balaban J connectivity index is 0.00000361. The Kier molecular flexibility index (Phi) is 6.10. The third-order valence-corrected chi connectivity index (χ3v) is 2.51. The van der Waals surface area contributed by atoms with E-state index in [1.165, 1.54) is 6.08 Å². The molecule has 0 aromatic heterocycles. The van der Waals surface area contributed by atoms with Gasteiger partial charge in [0.25, 0.3) is 0 Å². The predicted molar refractivity (Wildman–Crippen MR) is 65.4 cm³/mol. The second kappa shape index (κ2) is 6.49. The molecule has 0 amide bonds. The first-order valence-corrected chi connectivity index (χ1v) is 5.22. The van der Waals surface area contributed by atoms with Crippen molar-refractivity contribution in [2.24, 2.45) is 5.73 Å². The fraction of sp³-hybridized carbons (Fsp3) is 0.333. The molecule has 1 aromatic carbocycles. The van der Waals surface area contributed by atoms with Crippen LogP contribution in [0.2, 0.25) is 0 Å². The number of nitrogens with two attached hydrogens (primary N) is 1.